The SMILES string of the molecule is CC(Cc1ccccn1)N1CCOCC1. The third-order valence-corrected chi connectivity index (χ3v) is 2.90. The minimum absolute atomic E-state index is 0.559. The molecule has 82 valence electrons. The van der Waals surface area contributed by atoms with E-state index in [0.29, 0.717) is 6.04 Å². The average Bonchev–Trinajstić information content (AvgIpc) is 2.31. The Morgan fingerprint density at radius 1 is 1.40 bits per heavy atom. The quantitative estimate of drug-likeness (QED) is 0.746. The molecule has 3 heteroatoms. The smallest absolute Gasteiger partial charge is 0.0594 e. The van der Waals surface area contributed by atoms with Crippen molar-refractivity contribution in [3.8, 4) is 0 Å². The van der Waals surface area contributed by atoms with Crippen molar-refractivity contribution in [2.75, 3.05) is 26.3 Å². The van der Waals surface area contributed by atoms with Crippen LogP contribution in [0.15, 0.2) is 24.4 Å². The van der Waals surface area contributed by atoms with E-state index >= 15 is 0 Å². The number of morpholine rings is 1. The fourth-order valence-electron chi connectivity index (χ4n) is 1.97. The topological polar surface area (TPSA) is 25.4 Å². The Hall–Kier alpha value is -0.930. The van der Waals surface area contributed by atoms with Crippen LogP contribution in [0.25, 0.3) is 0 Å². The van der Waals surface area contributed by atoms with Gasteiger partial charge in [-0.05, 0) is 19.1 Å². The molecule has 0 radical (unpaired) electrons. The second-order valence-electron chi connectivity index (χ2n) is 4.02. The summed E-state index contributed by atoms with van der Waals surface area (Å²) in [7, 11) is 0. The molecule has 0 aliphatic carbocycles. The van der Waals surface area contributed by atoms with Crippen molar-refractivity contribution in [2.45, 2.75) is 19.4 Å². The maximum absolute atomic E-state index is 5.34. The maximum atomic E-state index is 5.34. The van der Waals surface area contributed by atoms with Crippen molar-refractivity contribution in [3.63, 3.8) is 0 Å². The summed E-state index contributed by atoms with van der Waals surface area (Å²) < 4.78 is 5.34. The molecule has 1 unspecified atom stereocenters. The Morgan fingerprint density at radius 2 is 2.20 bits per heavy atom. The molecule has 1 fully saturated rings. The zero-order valence-electron chi connectivity index (χ0n) is 9.22. The van der Waals surface area contributed by atoms with Crippen molar-refractivity contribution >= 4 is 0 Å². The van der Waals surface area contributed by atoms with Crippen molar-refractivity contribution in [1.29, 1.82) is 0 Å². The van der Waals surface area contributed by atoms with Gasteiger partial charge in [-0.3, -0.25) is 9.88 Å². The first-order chi connectivity index (χ1) is 7.36. The zero-order valence-corrected chi connectivity index (χ0v) is 9.22. The van der Waals surface area contributed by atoms with Crippen LogP contribution in [-0.4, -0.2) is 42.2 Å². The largest absolute Gasteiger partial charge is 0.379 e. The van der Waals surface area contributed by atoms with Gasteiger partial charge in [0.25, 0.3) is 0 Å². The van der Waals surface area contributed by atoms with Gasteiger partial charge in [-0.15, -0.1) is 0 Å². The molecule has 0 bridgehead atoms. The molecule has 1 atom stereocenters. The van der Waals surface area contributed by atoms with E-state index in [0.717, 1.165) is 32.7 Å². The summed E-state index contributed by atoms with van der Waals surface area (Å²) >= 11 is 0. The fourth-order valence-corrected chi connectivity index (χ4v) is 1.97. The van der Waals surface area contributed by atoms with Gasteiger partial charge in [-0.2, -0.15) is 0 Å². The van der Waals surface area contributed by atoms with Gasteiger partial charge >= 0.3 is 0 Å². The summed E-state index contributed by atoms with van der Waals surface area (Å²) in [6.45, 7) is 6.10. The summed E-state index contributed by atoms with van der Waals surface area (Å²) in [6.07, 6.45) is 2.89. The van der Waals surface area contributed by atoms with Gasteiger partial charge in [0.05, 0.1) is 13.2 Å². The molecule has 0 spiro atoms. The van der Waals surface area contributed by atoms with Gasteiger partial charge in [-0.1, -0.05) is 6.07 Å². The van der Waals surface area contributed by atoms with E-state index in [2.05, 4.69) is 22.9 Å². The lowest BCUT2D eigenvalue weighted by Crippen LogP contribution is -2.43. The molecule has 0 saturated carbocycles. The van der Waals surface area contributed by atoms with E-state index < -0.39 is 0 Å². The van der Waals surface area contributed by atoms with Gasteiger partial charge in [-0.25, -0.2) is 0 Å². The molecular formula is C12H18N2O. The van der Waals surface area contributed by atoms with Crippen LogP contribution in [0.4, 0.5) is 0 Å². The van der Waals surface area contributed by atoms with Gasteiger partial charge in [0.1, 0.15) is 0 Å². The second kappa shape index (κ2) is 5.24. The summed E-state index contributed by atoms with van der Waals surface area (Å²) in [6, 6.07) is 6.66. The number of aromatic nitrogens is 1. The minimum atomic E-state index is 0.559. The molecule has 1 aromatic rings. The highest BCUT2D eigenvalue weighted by molar-refractivity contribution is 5.05. The van der Waals surface area contributed by atoms with E-state index in [4.69, 9.17) is 4.74 Å². The molecule has 0 amide bonds. The van der Waals surface area contributed by atoms with Crippen LogP contribution in [0.2, 0.25) is 0 Å². The Labute approximate surface area is 91.1 Å². The number of hydrogen-bond donors (Lipinski definition) is 0. The Balaban J connectivity index is 1.88. The fraction of sp³-hybridized carbons (Fsp3) is 0.583. The molecule has 2 rings (SSSR count). The average molecular weight is 206 g/mol. The lowest BCUT2D eigenvalue weighted by molar-refractivity contribution is 0.0202. The number of ether oxygens (including phenoxy) is 1. The number of nitrogens with zero attached hydrogens (tertiary/aromatic N) is 2. The number of rotatable bonds is 3. The molecule has 1 aromatic heterocycles. The van der Waals surface area contributed by atoms with Gasteiger partial charge in [0.15, 0.2) is 0 Å². The highest BCUT2D eigenvalue weighted by atomic mass is 16.5. The molecule has 0 N–H and O–H groups in total. The normalized spacial score (nSPS) is 20.1. The molecule has 1 saturated heterocycles. The van der Waals surface area contributed by atoms with E-state index in [9.17, 15) is 0 Å². The van der Waals surface area contributed by atoms with E-state index in [1.807, 2.05) is 18.3 Å². The predicted molar refractivity (Wildman–Crippen MR) is 59.8 cm³/mol. The summed E-state index contributed by atoms with van der Waals surface area (Å²) in [5.41, 5.74) is 1.18. The molecule has 15 heavy (non-hydrogen) atoms. The van der Waals surface area contributed by atoms with Crippen molar-refractivity contribution in [1.82, 2.24) is 9.88 Å². The van der Waals surface area contributed by atoms with E-state index in [-0.39, 0.29) is 0 Å². The monoisotopic (exact) mass is 206 g/mol. The number of hydrogen-bond acceptors (Lipinski definition) is 3. The van der Waals surface area contributed by atoms with E-state index in [1.54, 1.807) is 0 Å². The Kier molecular flexibility index (Phi) is 3.69. The molecule has 2 heterocycles. The standard InChI is InChI=1S/C12H18N2O/c1-11(14-6-8-15-9-7-14)10-12-4-2-3-5-13-12/h2-5,11H,6-10H2,1H3. The Morgan fingerprint density at radius 3 is 2.87 bits per heavy atom. The first-order valence-electron chi connectivity index (χ1n) is 5.58. The highest BCUT2D eigenvalue weighted by Gasteiger charge is 2.17. The van der Waals surface area contributed by atoms with Crippen molar-refractivity contribution < 1.29 is 4.74 Å². The second-order valence-corrected chi connectivity index (χ2v) is 4.02. The lowest BCUT2D eigenvalue weighted by atomic mass is 10.1. The summed E-state index contributed by atoms with van der Waals surface area (Å²) in [5.74, 6) is 0. The van der Waals surface area contributed by atoms with Crippen LogP contribution in [0.5, 0.6) is 0 Å². The van der Waals surface area contributed by atoms with Crippen molar-refractivity contribution in [2.24, 2.45) is 0 Å². The third kappa shape index (κ3) is 3.01. The molecule has 1 aliphatic rings. The van der Waals surface area contributed by atoms with Gasteiger partial charge in [0.2, 0.25) is 0 Å². The highest BCUT2D eigenvalue weighted by Crippen LogP contribution is 2.08. The van der Waals surface area contributed by atoms with Crippen molar-refractivity contribution in [3.05, 3.63) is 30.1 Å². The van der Waals surface area contributed by atoms with Crippen LogP contribution in [0.1, 0.15) is 12.6 Å². The minimum Gasteiger partial charge on any atom is -0.379 e. The van der Waals surface area contributed by atoms with Crippen LogP contribution in [-0.2, 0) is 11.2 Å². The Bertz CT molecular complexity index is 283. The van der Waals surface area contributed by atoms with Gasteiger partial charge < -0.3 is 4.74 Å². The molecule has 0 aromatic carbocycles. The summed E-state index contributed by atoms with van der Waals surface area (Å²) in [4.78, 5) is 6.83. The summed E-state index contributed by atoms with van der Waals surface area (Å²) in [5, 5.41) is 0. The first-order valence-corrected chi connectivity index (χ1v) is 5.58. The van der Waals surface area contributed by atoms with E-state index in [1.165, 1.54) is 5.69 Å². The maximum Gasteiger partial charge on any atom is 0.0594 e. The zero-order chi connectivity index (χ0) is 10.5. The van der Waals surface area contributed by atoms with Gasteiger partial charge in [0, 0.05) is 37.4 Å². The first kappa shape index (κ1) is 10.6. The van der Waals surface area contributed by atoms with Crippen LogP contribution >= 0.6 is 0 Å². The predicted octanol–water partition coefficient (Wildman–Crippen LogP) is 1.34. The van der Waals surface area contributed by atoms with Crippen LogP contribution < -0.4 is 0 Å². The van der Waals surface area contributed by atoms with Crippen LogP contribution in [0.3, 0.4) is 0 Å². The number of pyridine rings is 1. The third-order valence-electron chi connectivity index (χ3n) is 2.90. The van der Waals surface area contributed by atoms with Crippen LogP contribution in [0, 0.1) is 0 Å². The molecular weight excluding hydrogens is 188 g/mol. The molecule has 3 nitrogen and oxygen atoms in total. The molecule has 1 aliphatic heterocycles. The lowest BCUT2D eigenvalue weighted by Gasteiger charge is -2.32.